The van der Waals surface area contributed by atoms with Crippen LogP contribution in [0.25, 0.3) is 0 Å². The average molecular weight is 432 g/mol. The number of carbonyl (C=O) groups excluding carboxylic acids is 1. The van der Waals surface area contributed by atoms with Crippen molar-refractivity contribution in [1.82, 2.24) is 10.6 Å². The highest BCUT2D eigenvalue weighted by Gasteiger charge is 2.08. The molecule has 3 N–H and O–H groups in total. The van der Waals surface area contributed by atoms with Gasteiger partial charge >= 0.3 is 0 Å². The minimum atomic E-state index is -0.0681. The SMILES string of the molecule is CCNC(=NCc1cccc(NC(C)=O)c1)NC(C)C(C)C.I. The molecule has 1 amide bonds. The second-order valence-corrected chi connectivity index (χ2v) is 5.75. The first-order valence-corrected chi connectivity index (χ1v) is 7.83. The van der Waals surface area contributed by atoms with Crippen molar-refractivity contribution in [2.24, 2.45) is 10.9 Å². The minimum absolute atomic E-state index is 0. The van der Waals surface area contributed by atoms with Crippen LogP contribution in [-0.2, 0) is 11.3 Å². The van der Waals surface area contributed by atoms with Crippen molar-refractivity contribution >= 4 is 41.5 Å². The molecule has 0 radical (unpaired) electrons. The van der Waals surface area contributed by atoms with Gasteiger partial charge in [0.2, 0.25) is 5.91 Å². The molecule has 1 aromatic carbocycles. The molecule has 5 nitrogen and oxygen atoms in total. The average Bonchev–Trinajstić information content (AvgIpc) is 2.44. The van der Waals surface area contributed by atoms with Gasteiger partial charge in [0.15, 0.2) is 5.96 Å². The van der Waals surface area contributed by atoms with Crippen LogP contribution >= 0.6 is 24.0 Å². The smallest absolute Gasteiger partial charge is 0.221 e. The zero-order valence-corrected chi connectivity index (χ0v) is 17.0. The van der Waals surface area contributed by atoms with Crippen LogP contribution < -0.4 is 16.0 Å². The summed E-state index contributed by atoms with van der Waals surface area (Å²) in [7, 11) is 0. The van der Waals surface area contributed by atoms with Gasteiger partial charge in [-0.05, 0) is 37.5 Å². The fourth-order valence-corrected chi connectivity index (χ4v) is 1.82. The predicted molar refractivity (Wildman–Crippen MR) is 108 cm³/mol. The fraction of sp³-hybridized carbons (Fsp3) is 0.529. The molecule has 0 saturated heterocycles. The molecule has 1 unspecified atom stereocenters. The van der Waals surface area contributed by atoms with E-state index in [0.29, 0.717) is 18.5 Å². The van der Waals surface area contributed by atoms with Crippen molar-refractivity contribution in [1.29, 1.82) is 0 Å². The van der Waals surface area contributed by atoms with Gasteiger partial charge in [0.25, 0.3) is 0 Å². The molecule has 0 spiro atoms. The lowest BCUT2D eigenvalue weighted by molar-refractivity contribution is -0.114. The number of aliphatic imine (C=N–C) groups is 1. The summed E-state index contributed by atoms with van der Waals surface area (Å²) in [6, 6.07) is 8.10. The van der Waals surface area contributed by atoms with Crippen molar-refractivity contribution in [2.75, 3.05) is 11.9 Å². The Morgan fingerprint density at radius 3 is 2.52 bits per heavy atom. The summed E-state index contributed by atoms with van der Waals surface area (Å²) >= 11 is 0. The third-order valence-electron chi connectivity index (χ3n) is 3.38. The third kappa shape index (κ3) is 8.78. The number of halogens is 1. The highest BCUT2D eigenvalue weighted by molar-refractivity contribution is 14.0. The standard InChI is InChI=1S/C17H28N4O.HI/c1-6-18-17(20-13(4)12(2)3)19-11-15-8-7-9-16(10-15)21-14(5)22;/h7-10,12-13H,6,11H2,1-5H3,(H,21,22)(H2,18,19,20);1H. The van der Waals surface area contributed by atoms with Gasteiger partial charge in [-0.3, -0.25) is 4.79 Å². The Labute approximate surface area is 156 Å². The molecular weight excluding hydrogens is 403 g/mol. The summed E-state index contributed by atoms with van der Waals surface area (Å²) in [6.45, 7) is 11.4. The van der Waals surface area contributed by atoms with Gasteiger partial charge < -0.3 is 16.0 Å². The van der Waals surface area contributed by atoms with Gasteiger partial charge in [0, 0.05) is 25.2 Å². The van der Waals surface area contributed by atoms with Crippen LogP contribution in [0.5, 0.6) is 0 Å². The number of rotatable bonds is 6. The summed E-state index contributed by atoms with van der Waals surface area (Å²) in [4.78, 5) is 15.7. The molecule has 0 aliphatic rings. The molecule has 6 heteroatoms. The largest absolute Gasteiger partial charge is 0.357 e. The lowest BCUT2D eigenvalue weighted by Gasteiger charge is -2.20. The number of carbonyl (C=O) groups is 1. The molecule has 130 valence electrons. The zero-order valence-electron chi connectivity index (χ0n) is 14.6. The first-order valence-electron chi connectivity index (χ1n) is 7.83. The topological polar surface area (TPSA) is 65.5 Å². The van der Waals surface area contributed by atoms with Crippen molar-refractivity contribution in [3.05, 3.63) is 29.8 Å². The van der Waals surface area contributed by atoms with Crippen LogP contribution in [0.4, 0.5) is 5.69 Å². The first-order chi connectivity index (χ1) is 10.4. The van der Waals surface area contributed by atoms with Gasteiger partial charge in [-0.2, -0.15) is 0 Å². The number of benzene rings is 1. The quantitative estimate of drug-likeness (QED) is 0.367. The van der Waals surface area contributed by atoms with E-state index in [-0.39, 0.29) is 29.9 Å². The molecule has 0 heterocycles. The normalized spacial score (nSPS) is 12.3. The van der Waals surface area contributed by atoms with E-state index in [1.165, 1.54) is 6.92 Å². The van der Waals surface area contributed by atoms with Crippen LogP contribution in [-0.4, -0.2) is 24.5 Å². The van der Waals surface area contributed by atoms with Gasteiger partial charge in [-0.15, -0.1) is 24.0 Å². The maximum absolute atomic E-state index is 11.1. The highest BCUT2D eigenvalue weighted by atomic mass is 127. The molecule has 0 aliphatic heterocycles. The van der Waals surface area contributed by atoms with E-state index in [2.05, 4.69) is 48.6 Å². The Kier molecular flexibility index (Phi) is 10.6. The Morgan fingerprint density at radius 1 is 1.26 bits per heavy atom. The van der Waals surface area contributed by atoms with Crippen molar-refractivity contribution in [3.63, 3.8) is 0 Å². The molecule has 0 fully saturated rings. The number of anilines is 1. The van der Waals surface area contributed by atoms with E-state index < -0.39 is 0 Å². The minimum Gasteiger partial charge on any atom is -0.357 e. The monoisotopic (exact) mass is 432 g/mol. The van der Waals surface area contributed by atoms with Crippen molar-refractivity contribution < 1.29 is 4.79 Å². The van der Waals surface area contributed by atoms with Gasteiger partial charge in [0.05, 0.1) is 6.54 Å². The molecule has 0 aliphatic carbocycles. The van der Waals surface area contributed by atoms with Crippen molar-refractivity contribution in [2.45, 2.75) is 47.2 Å². The van der Waals surface area contributed by atoms with Crippen LogP contribution in [0.15, 0.2) is 29.3 Å². The number of hydrogen-bond acceptors (Lipinski definition) is 2. The zero-order chi connectivity index (χ0) is 16.5. The maximum atomic E-state index is 11.1. The summed E-state index contributed by atoms with van der Waals surface area (Å²) in [5.41, 5.74) is 1.86. The molecule has 1 aromatic rings. The Balaban J connectivity index is 0.00000484. The Morgan fingerprint density at radius 2 is 1.96 bits per heavy atom. The lowest BCUT2D eigenvalue weighted by atomic mass is 10.1. The van der Waals surface area contributed by atoms with Crippen LogP contribution in [0.1, 0.15) is 40.2 Å². The van der Waals surface area contributed by atoms with E-state index in [1.807, 2.05) is 24.3 Å². The second kappa shape index (κ2) is 11.3. The molecule has 1 atom stereocenters. The predicted octanol–water partition coefficient (Wildman–Crippen LogP) is 3.36. The summed E-state index contributed by atoms with van der Waals surface area (Å²) in [5.74, 6) is 1.28. The van der Waals surface area contributed by atoms with Crippen LogP contribution in [0.3, 0.4) is 0 Å². The summed E-state index contributed by atoms with van der Waals surface area (Å²) < 4.78 is 0. The molecule has 1 rings (SSSR count). The highest BCUT2D eigenvalue weighted by Crippen LogP contribution is 2.11. The lowest BCUT2D eigenvalue weighted by Crippen LogP contribution is -2.44. The first kappa shape index (κ1) is 21.7. The van der Waals surface area contributed by atoms with Crippen LogP contribution in [0, 0.1) is 5.92 Å². The second-order valence-electron chi connectivity index (χ2n) is 5.75. The van der Waals surface area contributed by atoms with E-state index in [0.717, 1.165) is 23.8 Å². The molecular formula is C17H29IN4O. The summed E-state index contributed by atoms with van der Waals surface area (Å²) in [6.07, 6.45) is 0. The molecule has 0 bridgehead atoms. The van der Waals surface area contributed by atoms with Gasteiger partial charge in [0.1, 0.15) is 0 Å². The summed E-state index contributed by atoms with van der Waals surface area (Å²) in [5, 5.41) is 9.44. The number of hydrogen-bond donors (Lipinski definition) is 3. The van der Waals surface area contributed by atoms with Crippen LogP contribution in [0.2, 0.25) is 0 Å². The maximum Gasteiger partial charge on any atom is 0.221 e. The van der Waals surface area contributed by atoms with Gasteiger partial charge in [-0.1, -0.05) is 26.0 Å². The fourth-order valence-electron chi connectivity index (χ4n) is 1.82. The van der Waals surface area contributed by atoms with Crippen molar-refractivity contribution in [3.8, 4) is 0 Å². The van der Waals surface area contributed by atoms with E-state index in [9.17, 15) is 4.79 Å². The number of guanidine groups is 1. The number of nitrogens with one attached hydrogen (secondary N) is 3. The Hall–Kier alpha value is -1.31. The number of nitrogens with zero attached hydrogens (tertiary/aromatic N) is 1. The van der Waals surface area contributed by atoms with E-state index >= 15 is 0 Å². The van der Waals surface area contributed by atoms with E-state index in [1.54, 1.807) is 0 Å². The Bertz CT molecular complexity index is 517. The molecule has 23 heavy (non-hydrogen) atoms. The third-order valence-corrected chi connectivity index (χ3v) is 3.38. The van der Waals surface area contributed by atoms with Gasteiger partial charge in [-0.25, -0.2) is 4.99 Å². The van der Waals surface area contributed by atoms with E-state index in [4.69, 9.17) is 0 Å². The molecule has 0 aromatic heterocycles. The number of amides is 1. The molecule has 0 saturated carbocycles.